The SMILES string of the molecule is COc1c(Br)ccc(C(=O)O)c1NS(C)(=O)=O. The summed E-state index contributed by atoms with van der Waals surface area (Å²) >= 11 is 3.15. The molecule has 0 aliphatic heterocycles. The quantitative estimate of drug-likeness (QED) is 0.876. The molecule has 1 rings (SSSR count). The van der Waals surface area contributed by atoms with E-state index in [1.54, 1.807) is 0 Å². The van der Waals surface area contributed by atoms with Crippen LogP contribution in [0.25, 0.3) is 0 Å². The Bertz CT molecular complexity index is 555. The molecule has 8 heteroatoms. The topological polar surface area (TPSA) is 92.7 Å². The maximum atomic E-state index is 11.2. The number of aromatic carboxylic acids is 1. The zero-order valence-corrected chi connectivity index (χ0v) is 11.4. The van der Waals surface area contributed by atoms with Crippen molar-refractivity contribution >= 4 is 37.6 Å². The molecule has 0 atom stereocenters. The van der Waals surface area contributed by atoms with E-state index in [2.05, 4.69) is 20.7 Å². The summed E-state index contributed by atoms with van der Waals surface area (Å²) in [6.07, 6.45) is 0.930. The van der Waals surface area contributed by atoms with Gasteiger partial charge in [0.05, 0.1) is 23.4 Å². The Labute approximate surface area is 107 Å². The van der Waals surface area contributed by atoms with Crippen molar-refractivity contribution in [2.75, 3.05) is 18.1 Å². The van der Waals surface area contributed by atoms with Gasteiger partial charge in [-0.1, -0.05) is 0 Å². The van der Waals surface area contributed by atoms with Crippen LogP contribution < -0.4 is 9.46 Å². The van der Waals surface area contributed by atoms with E-state index >= 15 is 0 Å². The summed E-state index contributed by atoms with van der Waals surface area (Å²) < 4.78 is 29.9. The van der Waals surface area contributed by atoms with Gasteiger partial charge in [0.15, 0.2) is 5.75 Å². The molecule has 0 aliphatic rings. The van der Waals surface area contributed by atoms with Gasteiger partial charge in [-0.3, -0.25) is 4.72 Å². The lowest BCUT2D eigenvalue weighted by atomic mass is 10.1. The molecule has 6 nitrogen and oxygen atoms in total. The largest absolute Gasteiger partial charge is 0.493 e. The molecule has 0 radical (unpaired) electrons. The van der Waals surface area contributed by atoms with Gasteiger partial charge in [0.2, 0.25) is 10.0 Å². The van der Waals surface area contributed by atoms with E-state index in [4.69, 9.17) is 9.84 Å². The summed E-state index contributed by atoms with van der Waals surface area (Å²) in [5.74, 6) is -1.13. The highest BCUT2D eigenvalue weighted by Gasteiger charge is 2.20. The summed E-state index contributed by atoms with van der Waals surface area (Å²) in [7, 11) is -2.28. The molecule has 0 fully saturated rings. The van der Waals surface area contributed by atoms with E-state index in [0.717, 1.165) is 6.26 Å². The van der Waals surface area contributed by atoms with Gasteiger partial charge >= 0.3 is 5.97 Å². The van der Waals surface area contributed by atoms with Crippen LogP contribution in [-0.4, -0.2) is 32.9 Å². The van der Waals surface area contributed by atoms with Gasteiger partial charge in [-0.15, -0.1) is 0 Å². The molecule has 17 heavy (non-hydrogen) atoms. The molecular formula is C9H10BrNO5S. The molecular weight excluding hydrogens is 314 g/mol. The maximum Gasteiger partial charge on any atom is 0.337 e. The first-order chi connectivity index (χ1) is 7.76. The van der Waals surface area contributed by atoms with Gasteiger partial charge in [-0.25, -0.2) is 13.2 Å². The summed E-state index contributed by atoms with van der Waals surface area (Å²) in [4.78, 5) is 11.0. The standard InChI is InChI=1S/C9H10BrNO5S/c1-16-8-6(10)4-3-5(9(12)13)7(8)11-17(2,14)15/h3-4,11H,1-2H3,(H,12,13). The minimum atomic E-state index is -3.60. The van der Waals surface area contributed by atoms with Crippen molar-refractivity contribution in [3.63, 3.8) is 0 Å². The van der Waals surface area contributed by atoms with Gasteiger partial charge in [-0.05, 0) is 28.1 Å². The molecule has 0 amide bonds. The number of hydrogen-bond acceptors (Lipinski definition) is 4. The van der Waals surface area contributed by atoms with Crippen LogP contribution in [0.1, 0.15) is 10.4 Å². The van der Waals surface area contributed by atoms with Crippen LogP contribution >= 0.6 is 15.9 Å². The number of anilines is 1. The van der Waals surface area contributed by atoms with Crippen LogP contribution in [0.15, 0.2) is 16.6 Å². The van der Waals surface area contributed by atoms with Crippen molar-refractivity contribution in [2.45, 2.75) is 0 Å². The van der Waals surface area contributed by atoms with E-state index in [0.29, 0.717) is 4.47 Å². The highest BCUT2D eigenvalue weighted by molar-refractivity contribution is 9.10. The van der Waals surface area contributed by atoms with Crippen LogP contribution in [-0.2, 0) is 10.0 Å². The van der Waals surface area contributed by atoms with E-state index in [1.807, 2.05) is 0 Å². The molecule has 1 aromatic rings. The molecule has 0 heterocycles. The van der Waals surface area contributed by atoms with E-state index in [1.165, 1.54) is 19.2 Å². The molecule has 0 unspecified atom stereocenters. The lowest BCUT2D eigenvalue weighted by Gasteiger charge is -2.13. The second-order valence-electron chi connectivity index (χ2n) is 3.18. The Morgan fingerprint density at radius 3 is 2.47 bits per heavy atom. The van der Waals surface area contributed by atoms with Crippen molar-refractivity contribution in [1.29, 1.82) is 0 Å². The average molecular weight is 324 g/mol. The van der Waals surface area contributed by atoms with Crippen LogP contribution in [0.3, 0.4) is 0 Å². The molecule has 94 valence electrons. The molecule has 0 saturated heterocycles. The number of hydrogen-bond donors (Lipinski definition) is 2. The number of methoxy groups -OCH3 is 1. The molecule has 1 aromatic carbocycles. The number of carbonyl (C=O) groups is 1. The number of benzene rings is 1. The van der Waals surface area contributed by atoms with Gasteiger partial charge < -0.3 is 9.84 Å². The second-order valence-corrected chi connectivity index (χ2v) is 5.79. The lowest BCUT2D eigenvalue weighted by molar-refractivity contribution is 0.0697. The molecule has 0 aromatic heterocycles. The average Bonchev–Trinajstić information content (AvgIpc) is 2.15. The zero-order valence-electron chi connectivity index (χ0n) is 9.02. The number of carboxylic acids is 1. The Hall–Kier alpha value is -1.28. The molecule has 0 spiro atoms. The smallest absolute Gasteiger partial charge is 0.337 e. The monoisotopic (exact) mass is 323 g/mol. The minimum Gasteiger partial charge on any atom is -0.493 e. The number of sulfonamides is 1. The zero-order chi connectivity index (χ0) is 13.2. The number of carboxylic acid groups (broad SMARTS) is 1. The van der Waals surface area contributed by atoms with Crippen molar-refractivity contribution in [2.24, 2.45) is 0 Å². The normalized spacial score (nSPS) is 11.0. The third-order valence-corrected chi connectivity index (χ3v) is 3.03. The first-order valence-corrected chi connectivity index (χ1v) is 7.02. The van der Waals surface area contributed by atoms with Crippen LogP contribution in [0, 0.1) is 0 Å². The molecule has 0 bridgehead atoms. The van der Waals surface area contributed by atoms with Crippen molar-refractivity contribution in [3.8, 4) is 5.75 Å². The fourth-order valence-electron chi connectivity index (χ4n) is 1.22. The number of rotatable bonds is 4. The van der Waals surface area contributed by atoms with Crippen molar-refractivity contribution in [3.05, 3.63) is 22.2 Å². The van der Waals surface area contributed by atoms with E-state index in [-0.39, 0.29) is 17.0 Å². The van der Waals surface area contributed by atoms with Gasteiger partial charge in [0.1, 0.15) is 5.69 Å². The van der Waals surface area contributed by atoms with E-state index in [9.17, 15) is 13.2 Å². The first kappa shape index (κ1) is 13.8. The summed E-state index contributed by atoms with van der Waals surface area (Å²) in [5, 5.41) is 8.97. The van der Waals surface area contributed by atoms with Crippen LogP contribution in [0.5, 0.6) is 5.75 Å². The fraction of sp³-hybridized carbons (Fsp3) is 0.222. The van der Waals surface area contributed by atoms with E-state index < -0.39 is 16.0 Å². The maximum absolute atomic E-state index is 11.2. The predicted molar refractivity (Wildman–Crippen MR) is 66.1 cm³/mol. The molecule has 2 N–H and O–H groups in total. The lowest BCUT2D eigenvalue weighted by Crippen LogP contribution is -2.14. The number of ether oxygens (including phenoxy) is 1. The van der Waals surface area contributed by atoms with Gasteiger partial charge in [0.25, 0.3) is 0 Å². The third-order valence-electron chi connectivity index (χ3n) is 1.83. The van der Waals surface area contributed by atoms with Gasteiger partial charge in [-0.2, -0.15) is 0 Å². The van der Waals surface area contributed by atoms with Crippen molar-refractivity contribution in [1.82, 2.24) is 0 Å². The summed E-state index contributed by atoms with van der Waals surface area (Å²) in [5.41, 5.74) is -0.285. The number of nitrogens with one attached hydrogen (secondary N) is 1. The third kappa shape index (κ3) is 3.34. The van der Waals surface area contributed by atoms with Crippen LogP contribution in [0.2, 0.25) is 0 Å². The Kier molecular flexibility index (Phi) is 3.99. The Morgan fingerprint density at radius 2 is 2.06 bits per heavy atom. The predicted octanol–water partition coefficient (Wildman–Crippen LogP) is 1.53. The Morgan fingerprint density at radius 1 is 1.47 bits per heavy atom. The highest BCUT2D eigenvalue weighted by Crippen LogP contribution is 2.36. The number of halogens is 1. The second kappa shape index (κ2) is 4.92. The summed E-state index contributed by atoms with van der Waals surface area (Å²) in [6, 6.07) is 2.75. The molecule has 0 saturated carbocycles. The van der Waals surface area contributed by atoms with Crippen LogP contribution in [0.4, 0.5) is 5.69 Å². The summed E-state index contributed by atoms with van der Waals surface area (Å²) in [6.45, 7) is 0. The van der Waals surface area contributed by atoms with Crippen molar-refractivity contribution < 1.29 is 23.1 Å². The fourth-order valence-corrected chi connectivity index (χ4v) is 2.29. The first-order valence-electron chi connectivity index (χ1n) is 4.34. The Balaban J connectivity index is 3.50. The minimum absolute atomic E-state index is 0.100. The molecule has 0 aliphatic carbocycles. The van der Waals surface area contributed by atoms with Gasteiger partial charge in [0, 0.05) is 0 Å². The highest BCUT2D eigenvalue weighted by atomic mass is 79.9.